The Labute approximate surface area is 119 Å². The van der Waals surface area contributed by atoms with E-state index in [1.54, 1.807) is 6.07 Å². The maximum atomic E-state index is 13.0. The van der Waals surface area contributed by atoms with E-state index in [1.807, 2.05) is 0 Å². The number of likely N-dealkylation sites (N-methyl/N-ethyl adjacent to an activating group) is 1. The van der Waals surface area contributed by atoms with Gasteiger partial charge in [0.15, 0.2) is 0 Å². The molecule has 1 N–H and O–H groups in total. The average molecular weight is 285 g/mol. The van der Waals surface area contributed by atoms with Crippen LogP contribution in [-0.2, 0) is 0 Å². The summed E-state index contributed by atoms with van der Waals surface area (Å²) in [6.45, 7) is 5.19. The molecule has 2 atom stereocenters. The van der Waals surface area contributed by atoms with Gasteiger partial charge in [-0.3, -0.25) is 4.90 Å². The van der Waals surface area contributed by atoms with Crippen molar-refractivity contribution in [3.63, 3.8) is 0 Å². The zero-order valence-electron chi connectivity index (χ0n) is 11.8. The summed E-state index contributed by atoms with van der Waals surface area (Å²) in [4.78, 5) is 2.42. The van der Waals surface area contributed by atoms with Crippen molar-refractivity contribution in [1.29, 1.82) is 0 Å². The molecule has 2 unspecified atom stereocenters. The molecule has 0 bridgehead atoms. The highest BCUT2D eigenvalue weighted by molar-refractivity contribution is 6.31. The molecule has 1 aliphatic carbocycles. The van der Waals surface area contributed by atoms with Gasteiger partial charge in [-0.2, -0.15) is 0 Å². The molecule has 19 heavy (non-hydrogen) atoms. The largest absolute Gasteiger partial charge is 0.309 e. The van der Waals surface area contributed by atoms with Crippen molar-refractivity contribution in [1.82, 2.24) is 10.2 Å². The van der Waals surface area contributed by atoms with Gasteiger partial charge in [0.05, 0.1) is 0 Å². The van der Waals surface area contributed by atoms with Crippen LogP contribution in [0.2, 0.25) is 5.02 Å². The number of nitrogens with one attached hydrogen (secondary N) is 1. The Morgan fingerprint density at radius 2 is 2.11 bits per heavy atom. The van der Waals surface area contributed by atoms with Gasteiger partial charge in [-0.25, -0.2) is 4.39 Å². The number of hydrogen-bond donors (Lipinski definition) is 1. The lowest BCUT2D eigenvalue weighted by atomic mass is 10.1. The van der Waals surface area contributed by atoms with Gasteiger partial charge in [0.25, 0.3) is 0 Å². The number of benzene rings is 1. The van der Waals surface area contributed by atoms with Crippen molar-refractivity contribution in [2.24, 2.45) is 0 Å². The van der Waals surface area contributed by atoms with Crippen molar-refractivity contribution >= 4 is 11.6 Å². The number of hydrogen-bond acceptors (Lipinski definition) is 2. The molecule has 1 fully saturated rings. The Bertz CT molecular complexity index is 434. The fourth-order valence-electron chi connectivity index (χ4n) is 2.30. The molecule has 2 rings (SSSR count). The minimum absolute atomic E-state index is 0.128. The Morgan fingerprint density at radius 1 is 1.42 bits per heavy atom. The van der Waals surface area contributed by atoms with E-state index in [4.69, 9.17) is 11.6 Å². The van der Waals surface area contributed by atoms with E-state index in [9.17, 15) is 4.39 Å². The Hall–Kier alpha value is -0.640. The van der Waals surface area contributed by atoms with Gasteiger partial charge in [-0.15, -0.1) is 0 Å². The first-order valence-corrected chi connectivity index (χ1v) is 7.27. The molecule has 0 aromatic heterocycles. The molecule has 1 aromatic rings. The van der Waals surface area contributed by atoms with Gasteiger partial charge in [-0.05, 0) is 51.4 Å². The van der Waals surface area contributed by atoms with Gasteiger partial charge < -0.3 is 5.32 Å². The zero-order valence-corrected chi connectivity index (χ0v) is 12.5. The van der Waals surface area contributed by atoms with E-state index in [0.717, 1.165) is 18.2 Å². The molecule has 4 heteroatoms. The zero-order chi connectivity index (χ0) is 14.0. The normalized spacial score (nSPS) is 18.6. The number of halogens is 2. The molecule has 0 heterocycles. The van der Waals surface area contributed by atoms with E-state index in [-0.39, 0.29) is 11.9 Å². The summed E-state index contributed by atoms with van der Waals surface area (Å²) in [5.74, 6) is -0.289. The van der Waals surface area contributed by atoms with Crippen molar-refractivity contribution in [2.75, 3.05) is 13.6 Å². The second-order valence-corrected chi connectivity index (χ2v) is 5.95. The predicted octanol–water partition coefficient (Wildman–Crippen LogP) is 3.61. The fraction of sp³-hybridized carbons (Fsp3) is 0.600. The van der Waals surface area contributed by atoms with Crippen LogP contribution in [0.5, 0.6) is 0 Å². The molecule has 1 aliphatic rings. The monoisotopic (exact) mass is 284 g/mol. The third kappa shape index (κ3) is 3.91. The van der Waals surface area contributed by atoms with Crippen LogP contribution in [-0.4, -0.2) is 30.6 Å². The maximum Gasteiger partial charge on any atom is 0.124 e. The molecular formula is C15H22ClFN2. The minimum atomic E-state index is -0.289. The molecule has 0 saturated heterocycles. The van der Waals surface area contributed by atoms with Crippen LogP contribution in [0, 0.1) is 5.82 Å². The van der Waals surface area contributed by atoms with E-state index in [1.165, 1.54) is 25.0 Å². The molecule has 2 nitrogen and oxygen atoms in total. The first-order chi connectivity index (χ1) is 8.99. The molecular weight excluding hydrogens is 263 g/mol. The van der Waals surface area contributed by atoms with Crippen molar-refractivity contribution < 1.29 is 4.39 Å². The van der Waals surface area contributed by atoms with Gasteiger partial charge in [-0.1, -0.05) is 17.7 Å². The standard InChI is InChI=1S/C15H22ClFN2/c1-10(19(3)13-5-6-13)9-18-11(2)14-7-4-12(17)8-15(14)16/h4,7-8,10-11,13,18H,5-6,9H2,1-3H3. The van der Waals surface area contributed by atoms with Crippen molar-refractivity contribution in [3.05, 3.63) is 34.6 Å². The van der Waals surface area contributed by atoms with E-state index >= 15 is 0 Å². The lowest BCUT2D eigenvalue weighted by Crippen LogP contribution is -2.39. The summed E-state index contributed by atoms with van der Waals surface area (Å²) in [6.07, 6.45) is 2.64. The predicted molar refractivity (Wildman–Crippen MR) is 78.1 cm³/mol. The van der Waals surface area contributed by atoms with Crippen LogP contribution in [0.3, 0.4) is 0 Å². The summed E-state index contributed by atoms with van der Waals surface area (Å²) in [5, 5.41) is 3.96. The molecule has 1 aromatic carbocycles. The van der Waals surface area contributed by atoms with Crippen molar-refractivity contribution in [3.8, 4) is 0 Å². The second-order valence-electron chi connectivity index (χ2n) is 5.54. The summed E-state index contributed by atoms with van der Waals surface area (Å²) >= 11 is 6.07. The lowest BCUT2D eigenvalue weighted by molar-refractivity contribution is 0.237. The van der Waals surface area contributed by atoms with Crippen LogP contribution >= 0.6 is 11.6 Å². The van der Waals surface area contributed by atoms with Crippen LogP contribution in [0.15, 0.2) is 18.2 Å². The quantitative estimate of drug-likeness (QED) is 0.858. The second kappa shape index (κ2) is 6.21. The average Bonchev–Trinajstić information content (AvgIpc) is 3.18. The minimum Gasteiger partial charge on any atom is -0.309 e. The highest BCUT2D eigenvalue weighted by Gasteiger charge is 2.29. The van der Waals surface area contributed by atoms with E-state index in [0.29, 0.717) is 11.1 Å². The highest BCUT2D eigenvalue weighted by atomic mass is 35.5. The summed E-state index contributed by atoms with van der Waals surface area (Å²) < 4.78 is 13.0. The summed E-state index contributed by atoms with van der Waals surface area (Å²) in [7, 11) is 2.18. The van der Waals surface area contributed by atoms with E-state index < -0.39 is 0 Å². The lowest BCUT2D eigenvalue weighted by Gasteiger charge is -2.26. The maximum absolute atomic E-state index is 13.0. The first-order valence-electron chi connectivity index (χ1n) is 6.89. The fourth-order valence-corrected chi connectivity index (χ4v) is 2.63. The van der Waals surface area contributed by atoms with Crippen LogP contribution in [0.25, 0.3) is 0 Å². The number of nitrogens with zero attached hydrogens (tertiary/aromatic N) is 1. The molecule has 0 aliphatic heterocycles. The Morgan fingerprint density at radius 3 is 2.68 bits per heavy atom. The highest BCUT2D eigenvalue weighted by Crippen LogP contribution is 2.27. The van der Waals surface area contributed by atoms with Gasteiger partial charge in [0, 0.05) is 29.7 Å². The van der Waals surface area contributed by atoms with Crippen LogP contribution in [0.4, 0.5) is 4.39 Å². The SMILES string of the molecule is CC(NCC(C)N(C)C1CC1)c1ccc(F)cc1Cl. The van der Waals surface area contributed by atoms with Gasteiger partial charge in [0.2, 0.25) is 0 Å². The topological polar surface area (TPSA) is 15.3 Å². The van der Waals surface area contributed by atoms with Crippen LogP contribution < -0.4 is 5.32 Å². The van der Waals surface area contributed by atoms with E-state index in [2.05, 4.69) is 31.1 Å². The first kappa shape index (κ1) is 14.8. The van der Waals surface area contributed by atoms with Crippen molar-refractivity contribution in [2.45, 2.75) is 44.8 Å². The van der Waals surface area contributed by atoms with Gasteiger partial charge >= 0.3 is 0 Å². The van der Waals surface area contributed by atoms with Gasteiger partial charge in [0.1, 0.15) is 5.82 Å². The number of rotatable bonds is 6. The summed E-state index contributed by atoms with van der Waals surface area (Å²) in [5.41, 5.74) is 0.948. The molecule has 1 saturated carbocycles. The molecule has 106 valence electrons. The Balaban J connectivity index is 1.87. The third-order valence-corrected chi connectivity index (χ3v) is 4.29. The molecule has 0 radical (unpaired) electrons. The Kier molecular flexibility index (Phi) is 4.82. The third-order valence-electron chi connectivity index (χ3n) is 3.97. The smallest absolute Gasteiger partial charge is 0.124 e. The molecule has 0 spiro atoms. The summed E-state index contributed by atoms with van der Waals surface area (Å²) in [6, 6.07) is 5.97. The molecule has 0 amide bonds. The van der Waals surface area contributed by atoms with Crippen LogP contribution in [0.1, 0.15) is 38.3 Å².